The minimum atomic E-state index is -0.100. The van der Waals surface area contributed by atoms with E-state index in [0.717, 1.165) is 17.0 Å². The zero-order valence-electron chi connectivity index (χ0n) is 19.5. The molecule has 33 heavy (non-hydrogen) atoms. The first-order chi connectivity index (χ1) is 15.7. The molecule has 0 radical (unpaired) electrons. The Balaban J connectivity index is 1.51. The van der Waals surface area contributed by atoms with Crippen molar-refractivity contribution in [2.45, 2.75) is 46.0 Å². The summed E-state index contributed by atoms with van der Waals surface area (Å²) in [6.45, 7) is 9.46. The van der Waals surface area contributed by atoms with E-state index in [0.29, 0.717) is 35.2 Å². The van der Waals surface area contributed by atoms with E-state index < -0.39 is 0 Å². The lowest BCUT2D eigenvalue weighted by Gasteiger charge is -2.18. The van der Waals surface area contributed by atoms with Gasteiger partial charge in [-0.2, -0.15) is 0 Å². The number of nitrogens with zero attached hydrogens (tertiary/aromatic N) is 1. The van der Waals surface area contributed by atoms with Crippen molar-refractivity contribution in [1.29, 1.82) is 0 Å². The lowest BCUT2D eigenvalue weighted by Crippen LogP contribution is -2.29. The van der Waals surface area contributed by atoms with Gasteiger partial charge >= 0.3 is 0 Å². The van der Waals surface area contributed by atoms with Crippen LogP contribution in [-0.2, 0) is 15.0 Å². The normalized spacial score (nSPS) is 15.3. The Labute approximate surface area is 205 Å². The van der Waals surface area contributed by atoms with Gasteiger partial charge in [0.05, 0.1) is 11.5 Å². The Morgan fingerprint density at radius 2 is 1.79 bits per heavy atom. The molecule has 0 unspecified atom stereocenters. The summed E-state index contributed by atoms with van der Waals surface area (Å²) in [7, 11) is 0. The third-order valence-corrected chi connectivity index (χ3v) is 6.56. The van der Waals surface area contributed by atoms with Crippen molar-refractivity contribution in [2.24, 2.45) is 0 Å². The van der Waals surface area contributed by atoms with Crippen LogP contribution in [0.4, 0.5) is 5.69 Å². The molecule has 1 saturated heterocycles. The van der Waals surface area contributed by atoms with Gasteiger partial charge in [0.2, 0.25) is 5.91 Å². The summed E-state index contributed by atoms with van der Waals surface area (Å²) < 4.78 is 5.94. The number of anilines is 1. The minimum absolute atomic E-state index is 0.0845. The Kier molecular flexibility index (Phi) is 8.32. The Morgan fingerprint density at radius 3 is 2.39 bits per heavy atom. The summed E-state index contributed by atoms with van der Waals surface area (Å²) in [5.74, 6) is 0.568. The van der Waals surface area contributed by atoms with Gasteiger partial charge in [0, 0.05) is 18.7 Å². The maximum absolute atomic E-state index is 12.8. The second-order valence-corrected chi connectivity index (χ2v) is 10.5. The van der Waals surface area contributed by atoms with Gasteiger partial charge in [-0.1, -0.05) is 69.0 Å². The molecule has 7 heteroatoms. The van der Waals surface area contributed by atoms with Gasteiger partial charge in [-0.25, -0.2) is 0 Å². The Hall–Kier alpha value is -2.64. The molecule has 3 rings (SSSR count). The first-order valence-electron chi connectivity index (χ1n) is 11.1. The number of carbonyl (C=O) groups excluding carboxylic acids is 2. The zero-order chi connectivity index (χ0) is 24.0. The number of hydrogen-bond acceptors (Lipinski definition) is 5. The Bertz CT molecular complexity index is 1040. The van der Waals surface area contributed by atoms with Crippen LogP contribution in [0.1, 0.15) is 51.7 Å². The molecule has 1 aliphatic heterocycles. The van der Waals surface area contributed by atoms with E-state index in [4.69, 9.17) is 17.0 Å². The lowest BCUT2D eigenvalue weighted by atomic mass is 9.87. The second-order valence-electron chi connectivity index (χ2n) is 8.81. The van der Waals surface area contributed by atoms with Gasteiger partial charge in [-0.15, -0.1) is 0 Å². The fourth-order valence-electron chi connectivity index (χ4n) is 3.35. The van der Waals surface area contributed by atoms with Crippen molar-refractivity contribution >= 4 is 51.9 Å². The van der Waals surface area contributed by atoms with E-state index in [1.54, 1.807) is 4.90 Å². The molecule has 1 aliphatic rings. The highest BCUT2D eigenvalue weighted by molar-refractivity contribution is 8.26. The van der Waals surface area contributed by atoms with Crippen LogP contribution >= 0.6 is 24.0 Å². The Morgan fingerprint density at radius 1 is 1.12 bits per heavy atom. The number of rotatable bonds is 8. The SMILES string of the molecule is CCOc1ccc(NC(=O)CCCN2C(=O)/C(=C/c3ccc(C(C)(C)C)cc3)SC2=S)cc1. The topological polar surface area (TPSA) is 58.6 Å². The highest BCUT2D eigenvalue weighted by Crippen LogP contribution is 2.33. The van der Waals surface area contributed by atoms with Gasteiger partial charge in [-0.3, -0.25) is 14.5 Å². The molecule has 1 heterocycles. The summed E-state index contributed by atoms with van der Waals surface area (Å²) in [5, 5.41) is 2.87. The van der Waals surface area contributed by atoms with Crippen molar-refractivity contribution in [1.82, 2.24) is 4.90 Å². The highest BCUT2D eigenvalue weighted by atomic mass is 32.2. The fourth-order valence-corrected chi connectivity index (χ4v) is 4.65. The number of nitrogens with one attached hydrogen (secondary N) is 1. The van der Waals surface area contributed by atoms with Crippen molar-refractivity contribution in [3.05, 3.63) is 64.6 Å². The third kappa shape index (κ3) is 6.92. The molecule has 2 aromatic rings. The van der Waals surface area contributed by atoms with Crippen molar-refractivity contribution in [3.63, 3.8) is 0 Å². The number of thioether (sulfide) groups is 1. The lowest BCUT2D eigenvalue weighted by molar-refractivity contribution is -0.122. The summed E-state index contributed by atoms with van der Waals surface area (Å²) in [5.41, 5.74) is 3.02. The van der Waals surface area contributed by atoms with Gasteiger partial charge in [0.15, 0.2) is 0 Å². The number of thiocarbonyl (C=S) groups is 1. The average Bonchev–Trinajstić information content (AvgIpc) is 3.02. The molecular formula is C26H30N2O3S2. The number of carbonyl (C=O) groups is 2. The van der Waals surface area contributed by atoms with E-state index in [1.165, 1.54) is 17.3 Å². The van der Waals surface area contributed by atoms with Gasteiger partial charge < -0.3 is 10.1 Å². The van der Waals surface area contributed by atoms with Gasteiger partial charge in [0.1, 0.15) is 10.1 Å². The van der Waals surface area contributed by atoms with Crippen molar-refractivity contribution in [2.75, 3.05) is 18.5 Å². The first kappa shape index (κ1) is 25.0. The molecular weight excluding hydrogens is 452 g/mol. The summed E-state index contributed by atoms with van der Waals surface area (Å²) in [6, 6.07) is 15.5. The van der Waals surface area contributed by atoms with Crippen molar-refractivity contribution < 1.29 is 14.3 Å². The van der Waals surface area contributed by atoms with Crippen LogP contribution < -0.4 is 10.1 Å². The molecule has 0 atom stereocenters. The smallest absolute Gasteiger partial charge is 0.266 e. The molecule has 2 amide bonds. The minimum Gasteiger partial charge on any atom is -0.494 e. The molecule has 0 saturated carbocycles. The largest absolute Gasteiger partial charge is 0.494 e. The number of hydrogen-bond donors (Lipinski definition) is 1. The monoisotopic (exact) mass is 482 g/mol. The average molecular weight is 483 g/mol. The van der Waals surface area contributed by atoms with Crippen LogP contribution in [0.2, 0.25) is 0 Å². The van der Waals surface area contributed by atoms with E-state index in [1.807, 2.05) is 49.4 Å². The molecule has 5 nitrogen and oxygen atoms in total. The van der Waals surface area contributed by atoms with E-state index in [-0.39, 0.29) is 17.2 Å². The molecule has 174 valence electrons. The van der Waals surface area contributed by atoms with E-state index >= 15 is 0 Å². The number of benzene rings is 2. The molecule has 0 aromatic heterocycles. The molecule has 2 aromatic carbocycles. The quantitative estimate of drug-likeness (QED) is 0.369. The van der Waals surface area contributed by atoms with E-state index in [2.05, 4.69) is 38.2 Å². The highest BCUT2D eigenvalue weighted by Gasteiger charge is 2.31. The predicted molar refractivity (Wildman–Crippen MR) is 140 cm³/mol. The van der Waals surface area contributed by atoms with Gasteiger partial charge in [-0.05, 0) is 60.2 Å². The van der Waals surface area contributed by atoms with Crippen LogP contribution in [0.15, 0.2) is 53.4 Å². The van der Waals surface area contributed by atoms with Crippen LogP contribution in [0, 0.1) is 0 Å². The second kappa shape index (κ2) is 11.0. The molecule has 1 fully saturated rings. The first-order valence-corrected chi connectivity index (χ1v) is 12.3. The third-order valence-electron chi connectivity index (χ3n) is 5.18. The van der Waals surface area contributed by atoms with E-state index in [9.17, 15) is 9.59 Å². The maximum Gasteiger partial charge on any atom is 0.266 e. The van der Waals surface area contributed by atoms with Gasteiger partial charge in [0.25, 0.3) is 5.91 Å². The summed E-state index contributed by atoms with van der Waals surface area (Å²) >= 11 is 6.72. The summed E-state index contributed by atoms with van der Waals surface area (Å²) in [6.07, 6.45) is 2.71. The standard InChI is InChI=1S/C26H30N2O3S2/c1-5-31-21-14-12-20(13-15-21)27-23(29)7-6-16-28-24(30)22(33-25(28)32)17-18-8-10-19(11-9-18)26(2,3)4/h8-15,17H,5-7,16H2,1-4H3,(H,27,29)/b22-17-. The maximum atomic E-state index is 12.8. The summed E-state index contributed by atoms with van der Waals surface area (Å²) in [4.78, 5) is 27.3. The van der Waals surface area contributed by atoms with Crippen LogP contribution in [-0.4, -0.2) is 34.2 Å². The van der Waals surface area contributed by atoms with Crippen LogP contribution in [0.25, 0.3) is 6.08 Å². The number of amides is 2. The van der Waals surface area contributed by atoms with Crippen LogP contribution in [0.5, 0.6) is 5.75 Å². The van der Waals surface area contributed by atoms with Crippen molar-refractivity contribution in [3.8, 4) is 5.75 Å². The molecule has 0 bridgehead atoms. The fraction of sp³-hybridized carbons (Fsp3) is 0.346. The molecule has 0 aliphatic carbocycles. The molecule has 0 spiro atoms. The zero-order valence-corrected chi connectivity index (χ0v) is 21.1. The number of ether oxygens (including phenoxy) is 1. The molecule has 1 N–H and O–H groups in total. The van der Waals surface area contributed by atoms with Crippen LogP contribution in [0.3, 0.4) is 0 Å². The predicted octanol–water partition coefficient (Wildman–Crippen LogP) is 6.00.